The van der Waals surface area contributed by atoms with E-state index >= 15 is 0 Å². The number of thiophene rings is 1. The maximum Gasteiger partial charge on any atom is 0.0550 e. The first-order valence-corrected chi connectivity index (χ1v) is 21.7. The quantitative estimate of drug-likeness (QED) is 0.168. The molecule has 1 heterocycles. The van der Waals surface area contributed by atoms with Crippen LogP contribution in [-0.2, 0) is 10.8 Å². The van der Waals surface area contributed by atoms with E-state index in [1.807, 2.05) is 11.3 Å². The molecule has 0 amide bonds. The van der Waals surface area contributed by atoms with Crippen LogP contribution in [0, 0.1) is 12.1 Å². The van der Waals surface area contributed by atoms with Crippen LogP contribution in [0.2, 0.25) is 0 Å². The largest absolute Gasteiger partial charge is 0.314 e. The van der Waals surface area contributed by atoms with Gasteiger partial charge in [0.05, 0.1) is 5.69 Å². The lowest BCUT2D eigenvalue weighted by atomic mass is 9.78. The second-order valence-electron chi connectivity index (χ2n) is 17.9. The lowest BCUT2D eigenvalue weighted by molar-refractivity contribution is 0.590. The monoisotopic (exact) mass is 775 g/mol. The summed E-state index contributed by atoms with van der Waals surface area (Å²) >= 11 is 1.84. The molecule has 0 saturated carbocycles. The predicted molar refractivity (Wildman–Crippen MR) is 254 cm³/mol. The van der Waals surface area contributed by atoms with Gasteiger partial charge in [0.25, 0.3) is 0 Å². The van der Waals surface area contributed by atoms with E-state index in [0.29, 0.717) is 0 Å². The Morgan fingerprint density at radius 2 is 1.31 bits per heavy atom. The smallest absolute Gasteiger partial charge is 0.0550 e. The Morgan fingerprint density at radius 1 is 0.644 bits per heavy atom. The number of hydrogen-bond acceptors (Lipinski definition) is 2. The van der Waals surface area contributed by atoms with Gasteiger partial charge in [0, 0.05) is 54.2 Å². The van der Waals surface area contributed by atoms with Crippen molar-refractivity contribution in [3.05, 3.63) is 198 Å². The topological polar surface area (TPSA) is 3.24 Å². The molecule has 0 radical (unpaired) electrons. The highest BCUT2D eigenvalue weighted by atomic mass is 32.1. The van der Waals surface area contributed by atoms with Gasteiger partial charge in [-0.15, -0.1) is 11.3 Å². The zero-order valence-corrected chi connectivity index (χ0v) is 35.1. The van der Waals surface area contributed by atoms with Crippen molar-refractivity contribution in [2.24, 2.45) is 0 Å². The van der Waals surface area contributed by atoms with Gasteiger partial charge < -0.3 is 4.90 Å². The van der Waals surface area contributed by atoms with Gasteiger partial charge in [0.1, 0.15) is 0 Å². The fourth-order valence-electron chi connectivity index (χ4n) is 9.90. The molecule has 0 atom stereocenters. The molecule has 8 aromatic carbocycles. The highest BCUT2D eigenvalue weighted by Gasteiger charge is 2.39. The van der Waals surface area contributed by atoms with Crippen LogP contribution in [0.1, 0.15) is 64.2 Å². The molecule has 0 saturated heterocycles. The highest BCUT2D eigenvalue weighted by molar-refractivity contribution is 7.25. The van der Waals surface area contributed by atoms with Crippen LogP contribution in [0.15, 0.2) is 169 Å². The van der Waals surface area contributed by atoms with E-state index in [-0.39, 0.29) is 10.8 Å². The Balaban J connectivity index is 1.15. The normalized spacial score (nSPS) is 14.8. The number of nitrogens with zero attached hydrogens (tertiary/aromatic N) is 1. The molecule has 0 bridgehead atoms. The van der Waals surface area contributed by atoms with Gasteiger partial charge in [-0.2, -0.15) is 0 Å². The summed E-state index contributed by atoms with van der Waals surface area (Å²) < 4.78 is 2.52. The Kier molecular flexibility index (Phi) is 8.07. The van der Waals surface area contributed by atoms with E-state index in [4.69, 9.17) is 0 Å². The van der Waals surface area contributed by atoms with Crippen molar-refractivity contribution in [2.75, 3.05) is 4.90 Å². The SMILES string of the molecule is CC(C)(C)c1ccc(-c2ccc(N(C3=CC4=C(CC3)C(C)(C)c3cc5ccccc5cc34)c3ccc4ccccc4c3-c3c#ccc4sc5ccccc5c34)cc2)cc1. The molecule has 1 nitrogen and oxygen atoms in total. The summed E-state index contributed by atoms with van der Waals surface area (Å²) in [5, 5.41) is 7.54. The number of fused-ring (bicyclic) bond motifs is 7. The summed E-state index contributed by atoms with van der Waals surface area (Å²) in [6.07, 6.45) is 4.46. The molecule has 9 aromatic rings. The van der Waals surface area contributed by atoms with Crippen LogP contribution in [0.5, 0.6) is 0 Å². The summed E-state index contributed by atoms with van der Waals surface area (Å²) in [7, 11) is 0. The lowest BCUT2D eigenvalue weighted by Crippen LogP contribution is -2.22. The molecule has 2 aliphatic rings. The van der Waals surface area contributed by atoms with Gasteiger partial charge in [-0.3, -0.25) is 0 Å². The third kappa shape index (κ3) is 5.75. The minimum absolute atomic E-state index is 0.0414. The van der Waals surface area contributed by atoms with Crippen molar-refractivity contribution in [1.82, 2.24) is 0 Å². The van der Waals surface area contributed by atoms with Gasteiger partial charge in [-0.25, -0.2) is 0 Å². The molecular weight excluding hydrogens is 731 g/mol. The second kappa shape index (κ2) is 13.3. The van der Waals surface area contributed by atoms with Gasteiger partial charge in [0.2, 0.25) is 0 Å². The summed E-state index contributed by atoms with van der Waals surface area (Å²) in [4.78, 5) is 2.56. The van der Waals surface area contributed by atoms with Crippen molar-refractivity contribution in [1.29, 1.82) is 0 Å². The van der Waals surface area contributed by atoms with E-state index < -0.39 is 0 Å². The standard InChI is InChI=1S/C57H45NS/c1-56(2,3)41-26-21-36(22-27-41)37-23-28-42(29-24-37)58(43-30-31-49-48(35-43)47-33-39-14-6-7-15-40(39)34-50(47)57(49,4)5)51-32-25-38-13-8-9-16-44(38)54(51)46-18-12-20-53-55(46)45-17-10-11-19-52(45)59-53/h6-11,13-17,19-29,32-35H,30-31H2,1-5H3. The third-order valence-corrected chi connectivity index (χ3v) is 14.2. The molecule has 0 aliphatic heterocycles. The molecule has 284 valence electrons. The molecule has 2 heteroatoms. The van der Waals surface area contributed by atoms with Crippen LogP contribution in [0.3, 0.4) is 0 Å². The van der Waals surface area contributed by atoms with E-state index in [0.717, 1.165) is 29.8 Å². The van der Waals surface area contributed by atoms with Crippen molar-refractivity contribution < 1.29 is 0 Å². The molecule has 59 heavy (non-hydrogen) atoms. The van der Waals surface area contributed by atoms with Crippen molar-refractivity contribution in [3.8, 4) is 22.3 Å². The molecule has 11 rings (SSSR count). The van der Waals surface area contributed by atoms with Crippen LogP contribution >= 0.6 is 11.3 Å². The Hall–Kier alpha value is -6.40. The molecule has 0 fully saturated rings. The molecular formula is C57H45NS. The van der Waals surface area contributed by atoms with E-state index in [2.05, 4.69) is 209 Å². The van der Waals surface area contributed by atoms with Crippen molar-refractivity contribution in [2.45, 2.75) is 58.3 Å². The second-order valence-corrected chi connectivity index (χ2v) is 19.0. The number of anilines is 2. The maximum absolute atomic E-state index is 3.70. The molecule has 2 aliphatic carbocycles. The molecule has 0 N–H and O–H groups in total. The van der Waals surface area contributed by atoms with Crippen molar-refractivity contribution in [3.63, 3.8) is 0 Å². The zero-order chi connectivity index (χ0) is 40.0. The third-order valence-electron chi connectivity index (χ3n) is 13.0. The van der Waals surface area contributed by atoms with Crippen LogP contribution < -0.4 is 4.90 Å². The van der Waals surface area contributed by atoms with Gasteiger partial charge in [0.15, 0.2) is 0 Å². The Morgan fingerprint density at radius 3 is 2.05 bits per heavy atom. The van der Waals surface area contributed by atoms with E-state index in [1.165, 1.54) is 91.9 Å². The van der Waals surface area contributed by atoms with Crippen LogP contribution in [-0.4, -0.2) is 0 Å². The van der Waals surface area contributed by atoms with Gasteiger partial charge >= 0.3 is 0 Å². The fraction of sp³-hybridized carbons (Fsp3) is 0.158. The average Bonchev–Trinajstić information content (AvgIpc) is 3.74. The Labute approximate surface area is 351 Å². The summed E-state index contributed by atoms with van der Waals surface area (Å²) in [5.74, 6) is 0. The average molecular weight is 776 g/mol. The predicted octanol–water partition coefficient (Wildman–Crippen LogP) is 16.2. The lowest BCUT2D eigenvalue weighted by Gasteiger charge is -2.34. The first-order chi connectivity index (χ1) is 28.6. The Bertz CT molecular complexity index is 3200. The molecule has 0 unspecified atom stereocenters. The number of allylic oxidation sites excluding steroid dienone is 4. The molecule has 0 spiro atoms. The first-order valence-electron chi connectivity index (χ1n) is 20.9. The summed E-state index contributed by atoms with van der Waals surface area (Å²) in [6, 6.07) is 63.6. The fourth-order valence-corrected chi connectivity index (χ4v) is 11.0. The molecule has 1 aromatic heterocycles. The number of benzene rings is 7. The summed E-state index contributed by atoms with van der Waals surface area (Å²) in [6.45, 7) is 11.7. The minimum atomic E-state index is -0.0414. The van der Waals surface area contributed by atoms with Crippen LogP contribution in [0.25, 0.3) is 69.5 Å². The first kappa shape index (κ1) is 35.7. The number of rotatable bonds is 5. The van der Waals surface area contributed by atoms with Gasteiger partial charge in [-0.1, -0.05) is 162 Å². The zero-order valence-electron chi connectivity index (χ0n) is 34.3. The van der Waals surface area contributed by atoms with E-state index in [9.17, 15) is 0 Å². The minimum Gasteiger partial charge on any atom is -0.314 e. The van der Waals surface area contributed by atoms with Crippen LogP contribution in [0.4, 0.5) is 11.4 Å². The number of hydrogen-bond donors (Lipinski definition) is 0. The van der Waals surface area contributed by atoms with E-state index in [1.54, 1.807) is 0 Å². The maximum atomic E-state index is 3.70. The summed E-state index contributed by atoms with van der Waals surface area (Å²) in [5.41, 5.74) is 15.5. The highest BCUT2D eigenvalue weighted by Crippen LogP contribution is 2.54. The van der Waals surface area contributed by atoms with Crippen molar-refractivity contribution >= 4 is 70.0 Å². The van der Waals surface area contributed by atoms with Gasteiger partial charge in [-0.05, 0) is 116 Å².